The fourth-order valence-corrected chi connectivity index (χ4v) is 5.25. The van der Waals surface area contributed by atoms with Gasteiger partial charge in [0, 0.05) is 43.4 Å². The third kappa shape index (κ3) is 7.33. The van der Waals surface area contributed by atoms with Crippen molar-refractivity contribution in [1.82, 2.24) is 9.80 Å². The lowest BCUT2D eigenvalue weighted by atomic mass is 10.1. The number of hydrogen-bond donors (Lipinski definition) is 2. The third-order valence-electron chi connectivity index (χ3n) is 7.65. The molecule has 4 amide bonds. The average Bonchev–Trinajstić information content (AvgIpc) is 3.53. The molecule has 0 bridgehead atoms. The van der Waals surface area contributed by atoms with Gasteiger partial charge in [-0.2, -0.15) is 0 Å². The van der Waals surface area contributed by atoms with Crippen LogP contribution in [-0.4, -0.2) is 57.1 Å². The Balaban J connectivity index is 1.50. The molecule has 4 rings (SSSR count). The Labute approximate surface area is 247 Å². The van der Waals surface area contributed by atoms with Gasteiger partial charge in [0.2, 0.25) is 0 Å². The molecule has 0 spiro atoms. The number of aromatic carboxylic acids is 1. The molecule has 1 fully saturated rings. The molecule has 1 unspecified atom stereocenters. The number of nitrogens with zero attached hydrogens (tertiary/aromatic N) is 2. The molecule has 0 aromatic heterocycles. The molecule has 43 heavy (non-hydrogen) atoms. The van der Waals surface area contributed by atoms with Crippen LogP contribution in [0.1, 0.15) is 36.0 Å². The van der Waals surface area contributed by atoms with Gasteiger partial charge in [-0.05, 0) is 48.7 Å². The van der Waals surface area contributed by atoms with Crippen molar-refractivity contribution < 1.29 is 37.8 Å². The number of benzene rings is 3. The summed E-state index contributed by atoms with van der Waals surface area (Å²) in [7, 11) is 3.12. The number of carboxylic acid groups (broad SMARTS) is 1. The summed E-state index contributed by atoms with van der Waals surface area (Å²) in [6, 6.07) is 14.3. The highest BCUT2D eigenvalue weighted by atomic mass is 19.1. The van der Waals surface area contributed by atoms with Crippen molar-refractivity contribution >= 4 is 40.9 Å². The number of anilines is 2. The van der Waals surface area contributed by atoms with Crippen molar-refractivity contribution in [3.63, 3.8) is 0 Å². The molecule has 1 atom stereocenters. The van der Waals surface area contributed by atoms with E-state index in [1.807, 2.05) is 0 Å². The maximum Gasteiger partial charge on any atom is 0.338 e. The Morgan fingerprint density at radius 3 is 2.33 bits per heavy atom. The summed E-state index contributed by atoms with van der Waals surface area (Å²) in [5.41, 5.74) is 0.630. The Hall–Kier alpha value is -4.84. The predicted molar refractivity (Wildman–Crippen MR) is 154 cm³/mol. The van der Waals surface area contributed by atoms with Crippen LogP contribution in [0.4, 0.5) is 30.6 Å². The number of hydrogen-bond acceptors (Lipinski definition) is 6. The van der Waals surface area contributed by atoms with Gasteiger partial charge in [-0.25, -0.2) is 22.9 Å². The van der Waals surface area contributed by atoms with E-state index >= 15 is 0 Å². The number of rotatable bonds is 10. The van der Waals surface area contributed by atoms with Crippen LogP contribution in [0.2, 0.25) is 0 Å². The number of amides is 4. The zero-order valence-corrected chi connectivity index (χ0v) is 23.8. The normalized spacial score (nSPS) is 14.4. The van der Waals surface area contributed by atoms with Gasteiger partial charge in [-0.1, -0.05) is 24.3 Å². The standard InChI is InChI=1S/C31H32F2N4O6/c1-36(24-16-21(32)15-22(33)17-24)28(38)19-43-27-13-6-5-12-26(27)37(2,25-10-3-4-11-25)29(39)18-34-31(42)35-23-9-7-8-20(14-23)30(40)41/h5-9,12-17,25H,3-4,10-11,18-19H2,1-2H3,(H2-,34,35,40,41,42). The molecule has 2 N–H and O–H groups in total. The summed E-state index contributed by atoms with van der Waals surface area (Å²) >= 11 is 0. The summed E-state index contributed by atoms with van der Waals surface area (Å²) < 4.78 is 33.1. The zero-order valence-electron chi connectivity index (χ0n) is 23.8. The highest BCUT2D eigenvalue weighted by Gasteiger charge is 2.45. The SMILES string of the molecule is CN(C(=O)COc1ccccc1[N+](C)(C(=O)CNC(=O)Nc1cccc(C(=O)[O-])c1)C1CCCC1)c1cc(F)cc(F)c1. The van der Waals surface area contributed by atoms with Crippen molar-refractivity contribution in [2.24, 2.45) is 0 Å². The zero-order chi connectivity index (χ0) is 31.1. The largest absolute Gasteiger partial charge is 0.545 e. The lowest BCUT2D eigenvalue weighted by Gasteiger charge is -2.37. The first kappa shape index (κ1) is 31.1. The smallest absolute Gasteiger partial charge is 0.338 e. The topological polar surface area (TPSA) is 128 Å². The Kier molecular flexibility index (Phi) is 9.71. The molecule has 0 heterocycles. The number of carbonyl (C=O) groups is 4. The second-order valence-electron chi connectivity index (χ2n) is 10.4. The van der Waals surface area contributed by atoms with Crippen molar-refractivity contribution in [2.45, 2.75) is 31.7 Å². The van der Waals surface area contributed by atoms with E-state index in [2.05, 4.69) is 10.6 Å². The van der Waals surface area contributed by atoms with Crippen molar-refractivity contribution in [1.29, 1.82) is 0 Å². The number of likely N-dealkylation sites (N-methyl/N-ethyl adjacent to an activating group) is 2. The van der Waals surface area contributed by atoms with E-state index in [4.69, 9.17) is 4.74 Å². The van der Waals surface area contributed by atoms with E-state index in [9.17, 15) is 33.1 Å². The lowest BCUT2D eigenvalue weighted by Crippen LogP contribution is -2.60. The minimum absolute atomic E-state index is 0.0249. The summed E-state index contributed by atoms with van der Waals surface area (Å²) in [5.74, 6) is -3.65. The molecular formula is C31H32F2N4O6. The number of urea groups is 1. The molecule has 1 saturated carbocycles. The van der Waals surface area contributed by atoms with Crippen LogP contribution >= 0.6 is 0 Å². The molecule has 0 radical (unpaired) electrons. The number of carboxylic acids is 1. The van der Waals surface area contributed by atoms with E-state index in [1.165, 1.54) is 31.3 Å². The first-order valence-corrected chi connectivity index (χ1v) is 13.7. The molecule has 10 nitrogen and oxygen atoms in total. The molecule has 226 valence electrons. The fraction of sp³-hybridized carbons (Fsp3) is 0.290. The fourth-order valence-electron chi connectivity index (χ4n) is 5.25. The van der Waals surface area contributed by atoms with Gasteiger partial charge in [0.1, 0.15) is 24.2 Å². The second kappa shape index (κ2) is 13.4. The van der Waals surface area contributed by atoms with Crippen LogP contribution < -0.4 is 29.9 Å². The highest BCUT2D eigenvalue weighted by Crippen LogP contribution is 2.39. The first-order chi connectivity index (χ1) is 20.5. The van der Waals surface area contributed by atoms with E-state index in [1.54, 1.807) is 31.3 Å². The van der Waals surface area contributed by atoms with Gasteiger partial charge in [0.05, 0.1) is 13.0 Å². The first-order valence-electron chi connectivity index (χ1n) is 13.7. The Morgan fingerprint density at radius 2 is 1.65 bits per heavy atom. The van der Waals surface area contributed by atoms with Gasteiger partial charge in [-0.3, -0.25) is 4.79 Å². The average molecular weight is 595 g/mol. The molecular weight excluding hydrogens is 562 g/mol. The van der Waals surface area contributed by atoms with Crippen LogP contribution in [0.3, 0.4) is 0 Å². The summed E-state index contributed by atoms with van der Waals surface area (Å²) in [6.07, 6.45) is 3.35. The summed E-state index contributed by atoms with van der Waals surface area (Å²) in [4.78, 5) is 51.5. The molecule has 0 aliphatic heterocycles. The maximum absolute atomic E-state index is 13.8. The van der Waals surface area contributed by atoms with Gasteiger partial charge >= 0.3 is 11.9 Å². The van der Waals surface area contributed by atoms with Crippen molar-refractivity contribution in [3.05, 3.63) is 83.9 Å². The van der Waals surface area contributed by atoms with Crippen LogP contribution in [-0.2, 0) is 9.59 Å². The summed E-state index contributed by atoms with van der Waals surface area (Å²) in [5, 5.41) is 16.2. The molecule has 3 aromatic rings. The molecule has 12 heteroatoms. The maximum atomic E-state index is 13.8. The summed E-state index contributed by atoms with van der Waals surface area (Å²) in [6.45, 7) is -0.809. The Morgan fingerprint density at radius 1 is 0.977 bits per heavy atom. The number of para-hydroxylation sites is 2. The quantitative estimate of drug-likeness (QED) is 0.346. The monoisotopic (exact) mass is 594 g/mol. The van der Waals surface area contributed by atoms with E-state index < -0.39 is 36.1 Å². The highest BCUT2D eigenvalue weighted by molar-refractivity contribution is 5.97. The van der Waals surface area contributed by atoms with E-state index in [-0.39, 0.29) is 45.7 Å². The van der Waals surface area contributed by atoms with Crippen LogP contribution in [0.25, 0.3) is 0 Å². The molecule has 3 aromatic carbocycles. The molecule has 1 aliphatic carbocycles. The third-order valence-corrected chi connectivity index (χ3v) is 7.65. The van der Waals surface area contributed by atoms with Crippen LogP contribution in [0.15, 0.2) is 66.7 Å². The Bertz CT molecular complexity index is 1510. The van der Waals surface area contributed by atoms with E-state index in [0.717, 1.165) is 42.7 Å². The lowest BCUT2D eigenvalue weighted by molar-refractivity contribution is -0.255. The van der Waals surface area contributed by atoms with Gasteiger partial charge in [-0.15, -0.1) is 0 Å². The van der Waals surface area contributed by atoms with E-state index in [0.29, 0.717) is 11.8 Å². The van der Waals surface area contributed by atoms with Gasteiger partial charge < -0.3 is 30.2 Å². The minimum Gasteiger partial charge on any atom is -0.545 e. The van der Waals surface area contributed by atoms with Crippen LogP contribution in [0, 0.1) is 11.6 Å². The number of halogens is 2. The number of nitrogens with one attached hydrogen (secondary N) is 2. The number of quaternary nitrogens is 1. The molecule has 0 saturated heterocycles. The number of ether oxygens (including phenoxy) is 1. The van der Waals surface area contributed by atoms with Crippen molar-refractivity contribution in [2.75, 3.05) is 37.5 Å². The second-order valence-corrected chi connectivity index (χ2v) is 10.4. The van der Waals surface area contributed by atoms with Crippen molar-refractivity contribution in [3.8, 4) is 5.75 Å². The number of carbonyl (C=O) groups excluding carboxylic acids is 4. The van der Waals surface area contributed by atoms with Crippen LogP contribution in [0.5, 0.6) is 5.75 Å². The predicted octanol–water partition coefficient (Wildman–Crippen LogP) is 3.60. The minimum atomic E-state index is -1.39. The van der Waals surface area contributed by atoms with Gasteiger partial charge in [0.15, 0.2) is 18.0 Å². The van der Waals surface area contributed by atoms with Gasteiger partial charge in [0.25, 0.3) is 5.91 Å². The molecule has 1 aliphatic rings.